The average molecular weight is 289 g/mol. The van der Waals surface area contributed by atoms with Gasteiger partial charge in [-0.15, -0.1) is 0 Å². The lowest BCUT2D eigenvalue weighted by molar-refractivity contribution is 0.307. The highest BCUT2D eigenvalue weighted by Crippen LogP contribution is 2.28. The van der Waals surface area contributed by atoms with Crippen LogP contribution in [0.3, 0.4) is 0 Å². The largest absolute Gasteiger partial charge is 0.476 e. The van der Waals surface area contributed by atoms with E-state index in [0.29, 0.717) is 30.5 Å². The minimum atomic E-state index is -0.274. The molecular weight excluding hydrogens is 269 g/mol. The van der Waals surface area contributed by atoms with Crippen molar-refractivity contribution in [3.63, 3.8) is 0 Å². The molecule has 5 heteroatoms. The van der Waals surface area contributed by atoms with Crippen LogP contribution < -0.4 is 15.4 Å². The Morgan fingerprint density at radius 2 is 2.05 bits per heavy atom. The van der Waals surface area contributed by atoms with Crippen molar-refractivity contribution in [2.24, 2.45) is 0 Å². The number of nitrogen functional groups attached to an aromatic ring is 1. The number of hydrogen-bond acceptors (Lipinski definition) is 4. The van der Waals surface area contributed by atoms with E-state index < -0.39 is 0 Å². The van der Waals surface area contributed by atoms with Gasteiger partial charge in [0.1, 0.15) is 11.6 Å². The second-order valence-corrected chi connectivity index (χ2v) is 4.64. The molecule has 0 aliphatic carbocycles. The zero-order valence-corrected chi connectivity index (χ0v) is 12.3. The highest BCUT2D eigenvalue weighted by atomic mass is 19.1. The van der Waals surface area contributed by atoms with Crippen LogP contribution >= 0.6 is 0 Å². The third kappa shape index (κ3) is 3.62. The van der Waals surface area contributed by atoms with Gasteiger partial charge >= 0.3 is 0 Å². The molecule has 0 unspecified atom stereocenters. The SMILES string of the molecule is CCCOc1nc(N(CC)c2cccc(F)c2)ccc1N. The summed E-state index contributed by atoms with van der Waals surface area (Å²) >= 11 is 0. The van der Waals surface area contributed by atoms with Crippen LogP contribution in [0, 0.1) is 5.82 Å². The fraction of sp³-hybridized carbons (Fsp3) is 0.312. The summed E-state index contributed by atoms with van der Waals surface area (Å²) in [5.74, 6) is 0.830. The van der Waals surface area contributed by atoms with Gasteiger partial charge in [0.25, 0.3) is 0 Å². The number of nitrogens with two attached hydrogens (primary N) is 1. The summed E-state index contributed by atoms with van der Waals surface area (Å²) in [6.45, 7) is 5.22. The number of benzene rings is 1. The molecule has 0 atom stereocenters. The lowest BCUT2D eigenvalue weighted by atomic mass is 10.2. The van der Waals surface area contributed by atoms with Gasteiger partial charge in [0.2, 0.25) is 5.88 Å². The van der Waals surface area contributed by atoms with Crippen molar-refractivity contribution >= 4 is 17.2 Å². The predicted octanol–water partition coefficient (Wildman–Crippen LogP) is 3.75. The molecule has 1 heterocycles. The summed E-state index contributed by atoms with van der Waals surface area (Å²) in [7, 11) is 0. The van der Waals surface area contributed by atoms with Gasteiger partial charge in [-0.1, -0.05) is 13.0 Å². The number of ether oxygens (including phenoxy) is 1. The summed E-state index contributed by atoms with van der Waals surface area (Å²) in [6, 6.07) is 9.99. The fourth-order valence-corrected chi connectivity index (χ4v) is 2.03. The Kier molecular flexibility index (Phi) is 4.98. The van der Waals surface area contributed by atoms with Gasteiger partial charge in [-0.2, -0.15) is 4.98 Å². The molecular formula is C16H20FN3O. The van der Waals surface area contributed by atoms with Crippen molar-refractivity contribution in [3.8, 4) is 5.88 Å². The number of halogens is 1. The average Bonchev–Trinajstić information content (AvgIpc) is 2.48. The molecule has 0 aliphatic heterocycles. The third-order valence-electron chi connectivity index (χ3n) is 3.03. The molecule has 2 aromatic rings. The van der Waals surface area contributed by atoms with Gasteiger partial charge in [0.15, 0.2) is 0 Å². The van der Waals surface area contributed by atoms with Crippen molar-refractivity contribution in [3.05, 3.63) is 42.2 Å². The number of hydrogen-bond donors (Lipinski definition) is 1. The Labute approximate surface area is 124 Å². The first kappa shape index (κ1) is 15.1. The maximum Gasteiger partial charge on any atom is 0.239 e. The van der Waals surface area contributed by atoms with Gasteiger partial charge in [0, 0.05) is 12.2 Å². The summed E-state index contributed by atoms with van der Waals surface area (Å²) < 4.78 is 18.9. The minimum Gasteiger partial charge on any atom is -0.476 e. The summed E-state index contributed by atoms with van der Waals surface area (Å²) in [6.07, 6.45) is 0.882. The van der Waals surface area contributed by atoms with E-state index in [4.69, 9.17) is 10.5 Å². The van der Waals surface area contributed by atoms with Crippen molar-refractivity contribution in [1.82, 2.24) is 4.98 Å². The fourth-order valence-electron chi connectivity index (χ4n) is 2.03. The number of rotatable bonds is 6. The summed E-state index contributed by atoms with van der Waals surface area (Å²) in [4.78, 5) is 6.35. The normalized spacial score (nSPS) is 10.4. The van der Waals surface area contributed by atoms with Crippen LogP contribution in [0.25, 0.3) is 0 Å². The first-order valence-electron chi connectivity index (χ1n) is 7.08. The number of anilines is 3. The van der Waals surface area contributed by atoms with Crippen LogP contribution in [-0.2, 0) is 0 Å². The predicted molar refractivity (Wildman–Crippen MR) is 83.5 cm³/mol. The molecule has 0 fully saturated rings. The Balaban J connectivity index is 2.34. The molecule has 1 aromatic heterocycles. The lowest BCUT2D eigenvalue weighted by Crippen LogP contribution is -2.18. The Hall–Kier alpha value is -2.30. The van der Waals surface area contributed by atoms with E-state index in [0.717, 1.165) is 12.1 Å². The maximum atomic E-state index is 13.4. The zero-order valence-electron chi connectivity index (χ0n) is 12.3. The van der Waals surface area contributed by atoms with E-state index in [9.17, 15) is 4.39 Å². The van der Waals surface area contributed by atoms with Crippen LogP contribution in [-0.4, -0.2) is 18.1 Å². The van der Waals surface area contributed by atoms with Crippen LogP contribution in [0.1, 0.15) is 20.3 Å². The Bertz CT molecular complexity index is 604. The van der Waals surface area contributed by atoms with E-state index in [1.807, 2.05) is 30.9 Å². The molecule has 0 saturated heterocycles. The molecule has 0 spiro atoms. The van der Waals surface area contributed by atoms with Crippen LogP contribution in [0.2, 0.25) is 0 Å². The van der Waals surface area contributed by atoms with Crippen molar-refractivity contribution in [2.75, 3.05) is 23.8 Å². The molecule has 4 nitrogen and oxygen atoms in total. The van der Waals surface area contributed by atoms with Gasteiger partial charge in [-0.25, -0.2) is 4.39 Å². The highest BCUT2D eigenvalue weighted by Gasteiger charge is 2.12. The first-order chi connectivity index (χ1) is 10.2. The summed E-state index contributed by atoms with van der Waals surface area (Å²) in [5.41, 5.74) is 7.12. The van der Waals surface area contributed by atoms with Crippen LogP contribution in [0.15, 0.2) is 36.4 Å². The summed E-state index contributed by atoms with van der Waals surface area (Å²) in [5, 5.41) is 0. The van der Waals surface area contributed by atoms with E-state index in [-0.39, 0.29) is 5.82 Å². The molecule has 0 aliphatic rings. The van der Waals surface area contributed by atoms with E-state index >= 15 is 0 Å². The molecule has 112 valence electrons. The first-order valence-corrected chi connectivity index (χ1v) is 7.08. The molecule has 2 rings (SSSR count). The van der Waals surface area contributed by atoms with E-state index in [1.165, 1.54) is 12.1 Å². The molecule has 0 radical (unpaired) electrons. The number of nitrogens with zero attached hydrogens (tertiary/aromatic N) is 2. The zero-order chi connectivity index (χ0) is 15.2. The van der Waals surface area contributed by atoms with Crippen molar-refractivity contribution in [2.45, 2.75) is 20.3 Å². The van der Waals surface area contributed by atoms with Gasteiger partial charge in [-0.3, -0.25) is 0 Å². The quantitative estimate of drug-likeness (QED) is 0.880. The number of pyridine rings is 1. The molecule has 0 amide bonds. The topological polar surface area (TPSA) is 51.4 Å². The van der Waals surface area contributed by atoms with Crippen LogP contribution in [0.4, 0.5) is 21.6 Å². The molecule has 1 aromatic carbocycles. The van der Waals surface area contributed by atoms with Crippen LogP contribution in [0.5, 0.6) is 5.88 Å². The molecule has 0 bridgehead atoms. The van der Waals surface area contributed by atoms with E-state index in [1.54, 1.807) is 12.1 Å². The van der Waals surface area contributed by atoms with Crippen molar-refractivity contribution in [1.29, 1.82) is 0 Å². The monoisotopic (exact) mass is 289 g/mol. The molecule has 2 N–H and O–H groups in total. The van der Waals surface area contributed by atoms with Gasteiger partial charge in [0.05, 0.1) is 12.3 Å². The lowest BCUT2D eigenvalue weighted by Gasteiger charge is -2.23. The highest BCUT2D eigenvalue weighted by molar-refractivity contribution is 5.63. The maximum absolute atomic E-state index is 13.4. The van der Waals surface area contributed by atoms with E-state index in [2.05, 4.69) is 4.98 Å². The third-order valence-corrected chi connectivity index (χ3v) is 3.03. The molecule has 21 heavy (non-hydrogen) atoms. The smallest absolute Gasteiger partial charge is 0.239 e. The second kappa shape index (κ2) is 6.92. The second-order valence-electron chi connectivity index (χ2n) is 4.64. The number of aromatic nitrogens is 1. The molecule has 0 saturated carbocycles. The standard InChI is InChI=1S/C16H20FN3O/c1-3-10-21-16-14(18)8-9-15(19-16)20(4-2)13-7-5-6-12(17)11-13/h5-9,11H,3-4,10,18H2,1-2H3. The Morgan fingerprint density at radius 3 is 2.71 bits per heavy atom. The Morgan fingerprint density at radius 1 is 1.24 bits per heavy atom. The van der Waals surface area contributed by atoms with Gasteiger partial charge in [-0.05, 0) is 43.7 Å². The van der Waals surface area contributed by atoms with Gasteiger partial charge < -0.3 is 15.4 Å². The van der Waals surface area contributed by atoms with Crippen molar-refractivity contribution < 1.29 is 9.13 Å². The minimum absolute atomic E-state index is 0.274.